The van der Waals surface area contributed by atoms with Gasteiger partial charge in [0.2, 0.25) is 0 Å². The number of ether oxygens (including phenoxy) is 3. The summed E-state index contributed by atoms with van der Waals surface area (Å²) in [5.41, 5.74) is 0. The first-order valence-corrected chi connectivity index (χ1v) is 24.9. The van der Waals surface area contributed by atoms with Crippen LogP contribution in [0.2, 0.25) is 0 Å². The molecule has 0 bridgehead atoms. The summed E-state index contributed by atoms with van der Waals surface area (Å²) in [6.45, 7) is 6.47. The van der Waals surface area contributed by atoms with Gasteiger partial charge in [0, 0.05) is 19.3 Å². The summed E-state index contributed by atoms with van der Waals surface area (Å²) in [6, 6.07) is 0. The quantitative estimate of drug-likeness (QED) is 0.0263. The molecule has 60 heavy (non-hydrogen) atoms. The molecule has 0 saturated carbocycles. The zero-order chi connectivity index (χ0) is 43.7. The molecule has 0 unspecified atom stereocenters. The molecule has 0 saturated heterocycles. The van der Waals surface area contributed by atoms with E-state index in [1.54, 1.807) is 0 Å². The van der Waals surface area contributed by atoms with E-state index in [1.807, 2.05) is 0 Å². The molecule has 0 atom stereocenters. The molecule has 0 rings (SSSR count). The standard InChI is InChI=1S/C54H92O6/c1-4-7-10-13-16-19-22-25-28-31-34-37-40-43-46-52(55)58-49-51(60-54(57)48-45-42-39-36-33-30-27-24-21-18-15-12-9-6-3)50-59-53(56)47-44-41-38-35-32-29-26-23-20-17-14-11-8-5-2/h13-18,22-27,51H,4-12,19-21,28-50H2,1-3H3/b16-13+,17-14+,18-15+,25-22+,26-23+,27-24+. The van der Waals surface area contributed by atoms with Crippen LogP contribution in [0.15, 0.2) is 72.9 Å². The minimum atomic E-state index is -0.793. The summed E-state index contributed by atoms with van der Waals surface area (Å²) >= 11 is 0. The number of rotatable bonds is 44. The highest BCUT2D eigenvalue weighted by Gasteiger charge is 2.19. The van der Waals surface area contributed by atoms with Crippen LogP contribution in [0, 0.1) is 0 Å². The first kappa shape index (κ1) is 56.9. The van der Waals surface area contributed by atoms with E-state index in [4.69, 9.17) is 14.2 Å². The molecule has 0 aromatic heterocycles. The lowest BCUT2D eigenvalue weighted by molar-refractivity contribution is -0.167. The highest BCUT2D eigenvalue weighted by Crippen LogP contribution is 2.13. The van der Waals surface area contributed by atoms with Crippen LogP contribution < -0.4 is 0 Å². The minimum Gasteiger partial charge on any atom is -0.462 e. The molecule has 0 radical (unpaired) electrons. The van der Waals surface area contributed by atoms with Crippen molar-refractivity contribution in [1.82, 2.24) is 0 Å². The Balaban J connectivity index is 4.46. The number of unbranched alkanes of at least 4 members (excludes halogenated alkanes) is 21. The minimum absolute atomic E-state index is 0.0936. The molecule has 0 aliphatic heterocycles. The molecular weight excluding hydrogens is 745 g/mol. The molecule has 0 aromatic carbocycles. The van der Waals surface area contributed by atoms with Crippen LogP contribution in [0.1, 0.15) is 233 Å². The van der Waals surface area contributed by atoms with Gasteiger partial charge in [-0.15, -0.1) is 0 Å². The molecule has 6 heteroatoms. The van der Waals surface area contributed by atoms with E-state index in [9.17, 15) is 14.4 Å². The molecule has 0 aromatic rings. The Hall–Kier alpha value is -3.15. The van der Waals surface area contributed by atoms with Crippen LogP contribution >= 0.6 is 0 Å². The zero-order valence-corrected chi connectivity index (χ0v) is 39.2. The van der Waals surface area contributed by atoms with Gasteiger partial charge in [0.05, 0.1) is 0 Å². The fraction of sp³-hybridized carbons (Fsp3) is 0.722. The number of esters is 3. The van der Waals surface area contributed by atoms with E-state index in [-0.39, 0.29) is 31.1 Å². The van der Waals surface area contributed by atoms with Gasteiger partial charge >= 0.3 is 17.9 Å². The Bertz CT molecular complexity index is 1080. The maximum Gasteiger partial charge on any atom is 0.306 e. The average Bonchev–Trinajstić information content (AvgIpc) is 3.24. The van der Waals surface area contributed by atoms with Gasteiger partial charge in [0.15, 0.2) is 6.10 Å². The second-order valence-electron chi connectivity index (χ2n) is 16.4. The van der Waals surface area contributed by atoms with Crippen molar-refractivity contribution in [3.8, 4) is 0 Å². The van der Waals surface area contributed by atoms with Gasteiger partial charge < -0.3 is 14.2 Å². The largest absolute Gasteiger partial charge is 0.462 e. The first-order valence-electron chi connectivity index (χ1n) is 24.9. The van der Waals surface area contributed by atoms with Crippen molar-refractivity contribution in [3.05, 3.63) is 72.9 Å². The summed E-state index contributed by atoms with van der Waals surface area (Å²) in [5.74, 6) is -0.936. The van der Waals surface area contributed by atoms with Gasteiger partial charge in [-0.2, -0.15) is 0 Å². The highest BCUT2D eigenvalue weighted by molar-refractivity contribution is 5.71. The van der Waals surface area contributed by atoms with E-state index in [1.165, 1.54) is 57.8 Å². The molecule has 0 N–H and O–H groups in total. The summed E-state index contributed by atoms with van der Waals surface area (Å²) < 4.78 is 16.7. The smallest absolute Gasteiger partial charge is 0.306 e. The van der Waals surface area contributed by atoms with Gasteiger partial charge in [0.1, 0.15) is 13.2 Å². The van der Waals surface area contributed by atoms with Gasteiger partial charge in [0.25, 0.3) is 0 Å². The monoisotopic (exact) mass is 837 g/mol. The first-order chi connectivity index (χ1) is 29.5. The van der Waals surface area contributed by atoms with Crippen LogP contribution in [-0.2, 0) is 28.6 Å². The third kappa shape index (κ3) is 45.9. The van der Waals surface area contributed by atoms with Crippen molar-refractivity contribution in [1.29, 1.82) is 0 Å². The van der Waals surface area contributed by atoms with Crippen molar-refractivity contribution in [2.75, 3.05) is 13.2 Å². The Labute approximate surface area is 370 Å². The van der Waals surface area contributed by atoms with Crippen LogP contribution in [0.25, 0.3) is 0 Å². The van der Waals surface area contributed by atoms with Crippen LogP contribution in [-0.4, -0.2) is 37.2 Å². The molecule has 0 aliphatic rings. The summed E-state index contributed by atoms with van der Waals surface area (Å²) in [4.78, 5) is 37.9. The van der Waals surface area contributed by atoms with Crippen LogP contribution in [0.3, 0.4) is 0 Å². The fourth-order valence-electron chi connectivity index (χ4n) is 6.55. The van der Waals surface area contributed by atoms with E-state index in [2.05, 4.69) is 93.7 Å². The van der Waals surface area contributed by atoms with Crippen molar-refractivity contribution in [3.63, 3.8) is 0 Å². The van der Waals surface area contributed by atoms with Crippen molar-refractivity contribution in [2.45, 2.75) is 239 Å². The van der Waals surface area contributed by atoms with Crippen molar-refractivity contribution in [2.24, 2.45) is 0 Å². The van der Waals surface area contributed by atoms with E-state index in [0.29, 0.717) is 19.3 Å². The number of hydrogen-bond acceptors (Lipinski definition) is 6. The second-order valence-corrected chi connectivity index (χ2v) is 16.4. The number of allylic oxidation sites excluding steroid dienone is 12. The maximum atomic E-state index is 12.8. The topological polar surface area (TPSA) is 78.9 Å². The molecule has 6 nitrogen and oxygen atoms in total. The molecule has 0 spiro atoms. The summed E-state index contributed by atoms with van der Waals surface area (Å²) in [5, 5.41) is 0. The van der Waals surface area contributed by atoms with E-state index < -0.39 is 6.10 Å². The zero-order valence-electron chi connectivity index (χ0n) is 39.2. The number of hydrogen-bond donors (Lipinski definition) is 0. The third-order valence-electron chi connectivity index (χ3n) is 10.4. The molecule has 344 valence electrons. The summed E-state index contributed by atoms with van der Waals surface area (Å²) in [6.07, 6.45) is 60.1. The second kappa shape index (κ2) is 48.5. The van der Waals surface area contributed by atoms with Crippen LogP contribution in [0.5, 0.6) is 0 Å². The van der Waals surface area contributed by atoms with Gasteiger partial charge in [-0.25, -0.2) is 0 Å². The Morgan fingerprint density at radius 3 is 0.917 bits per heavy atom. The lowest BCUT2D eigenvalue weighted by atomic mass is 10.1. The third-order valence-corrected chi connectivity index (χ3v) is 10.4. The molecule has 0 amide bonds. The van der Waals surface area contributed by atoms with Crippen molar-refractivity contribution < 1.29 is 28.6 Å². The maximum absolute atomic E-state index is 12.8. The van der Waals surface area contributed by atoms with Crippen molar-refractivity contribution >= 4 is 17.9 Å². The summed E-state index contributed by atoms with van der Waals surface area (Å²) in [7, 11) is 0. The number of carbonyl (C=O) groups is 3. The lowest BCUT2D eigenvalue weighted by Gasteiger charge is -2.18. The van der Waals surface area contributed by atoms with Gasteiger partial charge in [-0.1, -0.05) is 190 Å². The molecule has 0 heterocycles. The van der Waals surface area contributed by atoms with Gasteiger partial charge in [-0.05, 0) is 96.3 Å². The lowest BCUT2D eigenvalue weighted by Crippen LogP contribution is -2.30. The average molecular weight is 837 g/mol. The van der Waals surface area contributed by atoms with E-state index >= 15 is 0 Å². The highest BCUT2D eigenvalue weighted by atomic mass is 16.6. The Kier molecular flexibility index (Phi) is 46.0. The predicted octanol–water partition coefficient (Wildman–Crippen LogP) is 16.3. The molecule has 0 aliphatic carbocycles. The van der Waals surface area contributed by atoms with Gasteiger partial charge in [-0.3, -0.25) is 14.4 Å². The predicted molar refractivity (Wildman–Crippen MR) is 256 cm³/mol. The molecule has 0 fully saturated rings. The normalized spacial score (nSPS) is 12.2. The SMILES string of the molecule is CCCC/C=C/C/C=C/CCCCCCCC(=O)OCC(COC(=O)CCCCCCC/C=C/C/C=C/CCCC)OC(=O)CCCCCCC/C=C/C/C=C/CCCC. The fourth-order valence-corrected chi connectivity index (χ4v) is 6.55. The Morgan fingerprint density at radius 2 is 0.600 bits per heavy atom. The van der Waals surface area contributed by atoms with E-state index in [0.717, 1.165) is 135 Å². The Morgan fingerprint density at radius 1 is 0.333 bits per heavy atom. The van der Waals surface area contributed by atoms with Crippen LogP contribution in [0.4, 0.5) is 0 Å². The molecular formula is C54H92O6. The number of carbonyl (C=O) groups excluding carboxylic acids is 3.